The van der Waals surface area contributed by atoms with Crippen LogP contribution >= 0.6 is 22.9 Å². The van der Waals surface area contributed by atoms with Crippen molar-refractivity contribution in [1.29, 1.82) is 5.26 Å². The highest BCUT2D eigenvalue weighted by atomic mass is 35.5. The normalized spacial score (nSPS) is 11.5. The summed E-state index contributed by atoms with van der Waals surface area (Å²) in [6, 6.07) is 10.2. The first-order valence-corrected chi connectivity index (χ1v) is 15.7. The quantitative estimate of drug-likeness (QED) is 0.217. The summed E-state index contributed by atoms with van der Waals surface area (Å²) in [5.41, 5.74) is 0.298. The number of nitrogens with one attached hydrogen (secondary N) is 1. The molecule has 2 aromatic heterocycles. The van der Waals surface area contributed by atoms with Crippen LogP contribution in [0.5, 0.6) is 11.5 Å². The fourth-order valence-corrected chi connectivity index (χ4v) is 5.28. The zero-order valence-electron chi connectivity index (χ0n) is 27.3. The molecule has 0 saturated carbocycles. The molecule has 1 unspecified atom stereocenters. The fourth-order valence-electron chi connectivity index (χ4n) is 4.28. The molecule has 45 heavy (non-hydrogen) atoms. The zero-order chi connectivity index (χ0) is 33.9. The van der Waals surface area contributed by atoms with E-state index >= 15 is 0 Å². The van der Waals surface area contributed by atoms with Crippen LogP contribution in [-0.2, 0) is 25.7 Å². The number of halogens is 1. The topological polar surface area (TPSA) is 136 Å². The van der Waals surface area contributed by atoms with Gasteiger partial charge in [0.15, 0.2) is 11.5 Å². The number of imidazole rings is 1. The molecule has 11 nitrogen and oxygen atoms in total. The Hall–Kier alpha value is -4.08. The Morgan fingerprint density at radius 3 is 2.31 bits per heavy atom. The monoisotopic (exact) mass is 659 g/mol. The maximum atomic E-state index is 14.1. The molecular formula is C32H42ClN5O6S. The molecule has 3 aromatic rings. The summed E-state index contributed by atoms with van der Waals surface area (Å²) >= 11 is 7.38. The summed E-state index contributed by atoms with van der Waals surface area (Å²) in [5.74, 6) is -1.49. The van der Waals surface area contributed by atoms with Gasteiger partial charge in [0.2, 0.25) is 17.8 Å². The molecule has 1 N–H and O–H groups in total. The van der Waals surface area contributed by atoms with E-state index in [4.69, 9.17) is 25.8 Å². The van der Waals surface area contributed by atoms with Crippen molar-refractivity contribution in [2.24, 2.45) is 0 Å². The lowest BCUT2D eigenvalue weighted by Gasteiger charge is -2.31. The maximum Gasteiger partial charge on any atom is 0.307 e. The molecule has 244 valence electrons. The summed E-state index contributed by atoms with van der Waals surface area (Å²) in [4.78, 5) is 47.0. The van der Waals surface area contributed by atoms with Crippen LogP contribution in [-0.4, -0.2) is 64.6 Å². The Morgan fingerprint density at radius 2 is 1.78 bits per heavy atom. The number of carbonyl (C=O) groups is 3. The third-order valence-corrected chi connectivity index (χ3v) is 7.47. The van der Waals surface area contributed by atoms with Gasteiger partial charge in [0.25, 0.3) is 0 Å². The molecule has 0 saturated heterocycles. The first kappa shape index (κ1) is 37.1. The lowest BCUT2D eigenvalue weighted by atomic mass is 9.93. The van der Waals surface area contributed by atoms with Gasteiger partial charge in [-0.25, -0.2) is 4.98 Å². The molecule has 3 rings (SSSR count). The van der Waals surface area contributed by atoms with Crippen LogP contribution in [0.1, 0.15) is 66.4 Å². The number of hydrogen-bond donors (Lipinski definition) is 1. The van der Waals surface area contributed by atoms with E-state index in [1.54, 1.807) is 71.1 Å². The molecule has 0 aliphatic rings. The Kier molecular flexibility index (Phi) is 13.9. The second kappa shape index (κ2) is 16.8. The Bertz CT molecular complexity index is 1500. The lowest BCUT2D eigenvalue weighted by molar-refractivity contribution is -0.157. The second-order valence-corrected chi connectivity index (χ2v) is 12.6. The van der Waals surface area contributed by atoms with Gasteiger partial charge < -0.3 is 23.7 Å². The first-order chi connectivity index (χ1) is 21.3. The number of thiophene rings is 1. The average Bonchev–Trinajstić information content (AvgIpc) is 3.59. The number of esters is 1. The Labute approximate surface area is 274 Å². The predicted octanol–water partition coefficient (Wildman–Crippen LogP) is 6.52. The van der Waals surface area contributed by atoms with Gasteiger partial charge in [-0.3, -0.25) is 19.7 Å². The number of benzene rings is 1. The van der Waals surface area contributed by atoms with Gasteiger partial charge in [0.1, 0.15) is 24.4 Å². The van der Waals surface area contributed by atoms with Crippen molar-refractivity contribution in [3.05, 3.63) is 46.4 Å². The van der Waals surface area contributed by atoms with Crippen molar-refractivity contribution in [2.75, 3.05) is 26.1 Å². The molecular weight excluding hydrogens is 618 g/mol. The van der Waals surface area contributed by atoms with Crippen molar-refractivity contribution < 1.29 is 28.6 Å². The highest BCUT2D eigenvalue weighted by molar-refractivity contribution is 7.19. The summed E-state index contributed by atoms with van der Waals surface area (Å²) in [6.07, 6.45) is 1.40. The van der Waals surface area contributed by atoms with E-state index in [1.807, 2.05) is 13.8 Å². The summed E-state index contributed by atoms with van der Waals surface area (Å²) < 4.78 is 18.4. The van der Waals surface area contributed by atoms with Crippen LogP contribution in [0.4, 0.5) is 5.95 Å². The van der Waals surface area contributed by atoms with Crippen molar-refractivity contribution in [3.8, 4) is 28.1 Å². The van der Waals surface area contributed by atoms with Gasteiger partial charge in [-0.15, -0.1) is 11.3 Å². The van der Waals surface area contributed by atoms with Crippen LogP contribution in [0.15, 0.2) is 36.5 Å². The Balaban J connectivity index is 0.00000345. The summed E-state index contributed by atoms with van der Waals surface area (Å²) in [7, 11) is 2.98. The number of nitrogens with zero attached hydrogens (tertiary/aromatic N) is 4. The minimum atomic E-state index is -0.972. The largest absolute Gasteiger partial charge is 0.493 e. The van der Waals surface area contributed by atoms with Gasteiger partial charge in [0.05, 0.1) is 41.8 Å². The molecule has 0 aliphatic heterocycles. The van der Waals surface area contributed by atoms with E-state index in [-0.39, 0.29) is 25.5 Å². The fraction of sp³-hybridized carbons (Fsp3) is 0.469. The smallest absolute Gasteiger partial charge is 0.307 e. The molecule has 1 atom stereocenters. The minimum Gasteiger partial charge on any atom is -0.493 e. The van der Waals surface area contributed by atoms with Gasteiger partial charge in [-0.05, 0) is 64.4 Å². The summed E-state index contributed by atoms with van der Waals surface area (Å²) in [6.45, 7) is 12.4. The summed E-state index contributed by atoms with van der Waals surface area (Å²) in [5, 5.41) is 12.0. The van der Waals surface area contributed by atoms with Crippen molar-refractivity contribution >= 4 is 46.7 Å². The number of anilines is 1. The lowest BCUT2D eigenvalue weighted by Crippen LogP contribution is -2.45. The molecule has 1 aromatic carbocycles. The van der Waals surface area contributed by atoms with Crippen LogP contribution in [0, 0.1) is 11.3 Å². The van der Waals surface area contributed by atoms with Crippen LogP contribution in [0.3, 0.4) is 0 Å². The molecule has 0 spiro atoms. The van der Waals surface area contributed by atoms with Gasteiger partial charge in [-0.1, -0.05) is 31.5 Å². The molecule has 0 bridgehead atoms. The molecule has 2 heterocycles. The highest BCUT2D eigenvalue weighted by Crippen LogP contribution is 2.34. The van der Waals surface area contributed by atoms with Gasteiger partial charge in [-0.2, -0.15) is 5.26 Å². The third-order valence-electron chi connectivity index (χ3n) is 6.21. The number of nitriles is 1. The van der Waals surface area contributed by atoms with Crippen molar-refractivity contribution in [1.82, 2.24) is 14.5 Å². The Morgan fingerprint density at radius 1 is 1.11 bits per heavy atom. The predicted molar refractivity (Wildman–Crippen MR) is 176 cm³/mol. The van der Waals surface area contributed by atoms with E-state index in [2.05, 4.69) is 16.4 Å². The van der Waals surface area contributed by atoms with E-state index in [0.29, 0.717) is 27.1 Å². The number of aromatic nitrogens is 2. The van der Waals surface area contributed by atoms with Gasteiger partial charge in [0, 0.05) is 12.2 Å². The number of rotatable bonds is 12. The number of ether oxygens (including phenoxy) is 3. The molecule has 2 amide bonds. The highest BCUT2D eigenvalue weighted by Gasteiger charge is 2.33. The molecule has 0 fully saturated rings. The molecule has 0 radical (unpaired) electrons. The molecule has 0 aliphatic carbocycles. The van der Waals surface area contributed by atoms with Crippen LogP contribution < -0.4 is 14.8 Å². The zero-order valence-corrected chi connectivity index (χ0v) is 28.8. The first-order valence-electron chi connectivity index (χ1n) is 14.5. The maximum absolute atomic E-state index is 14.1. The molecule has 13 heteroatoms. The van der Waals surface area contributed by atoms with Crippen molar-refractivity contribution in [3.63, 3.8) is 0 Å². The van der Waals surface area contributed by atoms with E-state index in [9.17, 15) is 19.6 Å². The SMILES string of the molecule is CC.COc1ccc(C(CC(=O)OC(C)(C)C)C(=O)N(CC(=O)Nc2nc(-c3ccc(Cl)s3)cn2CC#N)C(C)C)cc1OC. The van der Waals surface area contributed by atoms with E-state index in [0.717, 1.165) is 4.88 Å². The number of hydrogen-bond acceptors (Lipinski definition) is 9. The third kappa shape index (κ3) is 10.5. The number of carbonyl (C=O) groups excluding carboxylic acids is 3. The average molecular weight is 660 g/mol. The van der Waals surface area contributed by atoms with Crippen molar-refractivity contribution in [2.45, 2.75) is 79.0 Å². The van der Waals surface area contributed by atoms with Gasteiger partial charge >= 0.3 is 5.97 Å². The van der Waals surface area contributed by atoms with Crippen LogP contribution in [0.25, 0.3) is 10.6 Å². The standard InChI is InChI=1S/C30H36ClN5O6S.C2H6/c1-18(2)36(17-26(37)34-29-33-21(16-35(29)13-12-32)24-10-11-25(31)43-24)28(39)20(15-27(38)42-30(3,4)5)19-8-9-22(40-6)23(14-19)41-7;1-2/h8-11,14,16,18,20H,13,15,17H2,1-7H3,(H,33,34,37);1-2H3. The second-order valence-electron chi connectivity index (χ2n) is 10.9. The number of methoxy groups -OCH3 is 2. The van der Waals surface area contributed by atoms with E-state index in [1.165, 1.54) is 35.0 Å². The minimum absolute atomic E-state index is 0.0498. The number of amides is 2. The van der Waals surface area contributed by atoms with Crippen LogP contribution in [0.2, 0.25) is 4.34 Å². The van der Waals surface area contributed by atoms with E-state index < -0.39 is 35.3 Å².